The van der Waals surface area contributed by atoms with Crippen LogP contribution in [0.4, 0.5) is 0 Å². The van der Waals surface area contributed by atoms with Crippen LogP contribution in [0.25, 0.3) is 11.1 Å². The molecule has 4 rings (SSSR count). The molecule has 1 aliphatic carbocycles. The topological polar surface area (TPSA) is 15.3 Å². The van der Waals surface area contributed by atoms with Crippen LogP contribution in [0.1, 0.15) is 43.0 Å². The Hall–Kier alpha value is -1.06. The van der Waals surface area contributed by atoms with Gasteiger partial charge in [-0.3, -0.25) is 4.90 Å². The first-order valence-electron chi connectivity index (χ1n) is 9.38. The molecule has 2 aromatic rings. The van der Waals surface area contributed by atoms with E-state index < -0.39 is 0 Å². The lowest BCUT2D eigenvalue weighted by atomic mass is 9.92. The van der Waals surface area contributed by atoms with Crippen molar-refractivity contribution in [3.63, 3.8) is 0 Å². The third-order valence-electron chi connectivity index (χ3n) is 5.49. The summed E-state index contributed by atoms with van der Waals surface area (Å²) in [7, 11) is 0. The Morgan fingerprint density at radius 3 is 2.35 bits per heavy atom. The van der Waals surface area contributed by atoms with Crippen molar-refractivity contribution in [3.8, 4) is 11.1 Å². The van der Waals surface area contributed by atoms with Crippen LogP contribution in [0.2, 0.25) is 0 Å². The Labute approximate surface area is 170 Å². The first-order chi connectivity index (χ1) is 11.7. The molecule has 0 bridgehead atoms. The Morgan fingerprint density at radius 2 is 1.62 bits per heavy atom. The van der Waals surface area contributed by atoms with Gasteiger partial charge >= 0.3 is 0 Å². The smallest absolute Gasteiger partial charge is 0.0351 e. The molecular formula is C22H30Cl2N2. The van der Waals surface area contributed by atoms with Crippen molar-refractivity contribution in [1.82, 2.24) is 10.2 Å². The molecule has 4 heteroatoms. The highest BCUT2D eigenvalue weighted by atomic mass is 35.5. The summed E-state index contributed by atoms with van der Waals surface area (Å²) in [6, 6.07) is 16.7. The maximum absolute atomic E-state index is 3.49. The van der Waals surface area contributed by atoms with Gasteiger partial charge in [-0.05, 0) is 46.6 Å². The predicted octanol–water partition coefficient (Wildman–Crippen LogP) is 5.09. The molecular weight excluding hydrogens is 363 g/mol. The van der Waals surface area contributed by atoms with Crippen molar-refractivity contribution in [2.24, 2.45) is 5.92 Å². The average molecular weight is 393 g/mol. The lowest BCUT2D eigenvalue weighted by Crippen LogP contribution is -2.45. The zero-order valence-corrected chi connectivity index (χ0v) is 17.3. The molecule has 0 radical (unpaired) electrons. The highest BCUT2D eigenvalue weighted by molar-refractivity contribution is 5.85. The third-order valence-corrected chi connectivity index (χ3v) is 5.49. The van der Waals surface area contributed by atoms with Crippen molar-refractivity contribution in [3.05, 3.63) is 59.2 Å². The van der Waals surface area contributed by atoms with Crippen molar-refractivity contribution in [2.75, 3.05) is 26.2 Å². The SMILES string of the molecule is CC(C)C[C@@H](c1ccc2c(c1)Cc1ccccc1-2)N1CCNCC1.Cl.Cl. The van der Waals surface area contributed by atoms with Crippen LogP contribution in [-0.2, 0) is 6.42 Å². The molecule has 0 unspecified atom stereocenters. The minimum atomic E-state index is 0. The first kappa shape index (κ1) is 21.2. The number of hydrogen-bond acceptors (Lipinski definition) is 2. The average Bonchev–Trinajstić information content (AvgIpc) is 2.98. The highest BCUT2D eigenvalue weighted by Crippen LogP contribution is 2.39. The molecule has 0 spiro atoms. The van der Waals surface area contributed by atoms with E-state index in [-0.39, 0.29) is 24.8 Å². The molecule has 1 fully saturated rings. The first-order valence-corrected chi connectivity index (χ1v) is 9.38. The number of benzene rings is 2. The molecule has 0 aromatic heterocycles. The van der Waals surface area contributed by atoms with E-state index in [1.807, 2.05) is 0 Å². The van der Waals surface area contributed by atoms with E-state index in [0.717, 1.165) is 38.5 Å². The monoisotopic (exact) mass is 392 g/mol. The molecule has 0 amide bonds. The van der Waals surface area contributed by atoms with Gasteiger partial charge < -0.3 is 5.32 Å². The van der Waals surface area contributed by atoms with Crippen LogP contribution in [0.15, 0.2) is 42.5 Å². The summed E-state index contributed by atoms with van der Waals surface area (Å²) in [5, 5.41) is 3.49. The molecule has 1 aliphatic heterocycles. The minimum absolute atomic E-state index is 0. The summed E-state index contributed by atoms with van der Waals surface area (Å²) in [4.78, 5) is 2.68. The maximum atomic E-state index is 3.49. The second-order valence-electron chi connectivity index (χ2n) is 7.68. The number of nitrogens with one attached hydrogen (secondary N) is 1. The number of nitrogens with zero attached hydrogens (tertiary/aromatic N) is 1. The molecule has 142 valence electrons. The van der Waals surface area contributed by atoms with Gasteiger partial charge in [-0.25, -0.2) is 0 Å². The minimum Gasteiger partial charge on any atom is -0.314 e. The summed E-state index contributed by atoms with van der Waals surface area (Å²) >= 11 is 0. The maximum Gasteiger partial charge on any atom is 0.0351 e. The molecule has 1 heterocycles. The summed E-state index contributed by atoms with van der Waals surface area (Å²) in [5.74, 6) is 0.718. The molecule has 0 saturated carbocycles. The van der Waals surface area contributed by atoms with Crippen LogP contribution in [0.5, 0.6) is 0 Å². The lowest BCUT2D eigenvalue weighted by Gasteiger charge is -2.36. The van der Waals surface area contributed by atoms with Crippen LogP contribution in [0.3, 0.4) is 0 Å². The fourth-order valence-corrected chi connectivity index (χ4v) is 4.31. The van der Waals surface area contributed by atoms with Gasteiger partial charge in [0.1, 0.15) is 0 Å². The van der Waals surface area contributed by atoms with E-state index in [1.165, 1.54) is 34.2 Å². The van der Waals surface area contributed by atoms with E-state index in [4.69, 9.17) is 0 Å². The molecule has 2 aliphatic rings. The lowest BCUT2D eigenvalue weighted by molar-refractivity contribution is 0.154. The molecule has 26 heavy (non-hydrogen) atoms. The molecule has 1 saturated heterocycles. The van der Waals surface area contributed by atoms with Crippen molar-refractivity contribution >= 4 is 24.8 Å². The quantitative estimate of drug-likeness (QED) is 0.664. The Kier molecular flexibility index (Phi) is 7.54. The van der Waals surface area contributed by atoms with Gasteiger partial charge in [0.05, 0.1) is 0 Å². The summed E-state index contributed by atoms with van der Waals surface area (Å²) in [5.41, 5.74) is 7.38. The van der Waals surface area contributed by atoms with Gasteiger partial charge in [0.15, 0.2) is 0 Å². The fourth-order valence-electron chi connectivity index (χ4n) is 4.31. The summed E-state index contributed by atoms with van der Waals surface area (Å²) in [6.07, 6.45) is 2.33. The zero-order chi connectivity index (χ0) is 16.5. The van der Waals surface area contributed by atoms with Gasteiger partial charge in [0, 0.05) is 32.2 Å². The fraction of sp³-hybridized carbons (Fsp3) is 0.455. The Balaban J connectivity index is 0.00000121. The molecule has 2 aromatic carbocycles. The van der Waals surface area contributed by atoms with Crippen LogP contribution >= 0.6 is 24.8 Å². The second-order valence-corrected chi connectivity index (χ2v) is 7.68. The van der Waals surface area contributed by atoms with Crippen molar-refractivity contribution < 1.29 is 0 Å². The molecule has 1 N–H and O–H groups in total. The van der Waals surface area contributed by atoms with E-state index in [0.29, 0.717) is 6.04 Å². The van der Waals surface area contributed by atoms with Crippen molar-refractivity contribution in [2.45, 2.75) is 32.7 Å². The van der Waals surface area contributed by atoms with Crippen LogP contribution in [-0.4, -0.2) is 31.1 Å². The number of hydrogen-bond donors (Lipinski definition) is 1. The molecule has 1 atom stereocenters. The Bertz CT molecular complexity index is 724. The van der Waals surface area contributed by atoms with Gasteiger partial charge in [-0.1, -0.05) is 56.3 Å². The van der Waals surface area contributed by atoms with Crippen LogP contribution < -0.4 is 5.32 Å². The number of rotatable bonds is 4. The summed E-state index contributed by atoms with van der Waals surface area (Å²) < 4.78 is 0. The number of halogens is 2. The van der Waals surface area contributed by atoms with Gasteiger partial charge in [0.25, 0.3) is 0 Å². The zero-order valence-electron chi connectivity index (χ0n) is 15.7. The second kappa shape index (κ2) is 9.23. The van der Waals surface area contributed by atoms with Gasteiger partial charge in [-0.2, -0.15) is 0 Å². The predicted molar refractivity (Wildman–Crippen MR) is 116 cm³/mol. The van der Waals surface area contributed by atoms with E-state index in [2.05, 4.69) is 66.5 Å². The summed E-state index contributed by atoms with van der Waals surface area (Å²) in [6.45, 7) is 9.25. The number of piperazine rings is 1. The third kappa shape index (κ3) is 4.26. The Morgan fingerprint density at radius 1 is 0.923 bits per heavy atom. The van der Waals surface area contributed by atoms with Gasteiger partial charge in [-0.15, -0.1) is 24.8 Å². The highest BCUT2D eigenvalue weighted by Gasteiger charge is 2.25. The normalized spacial score (nSPS) is 17.0. The number of fused-ring (bicyclic) bond motifs is 3. The molecule has 2 nitrogen and oxygen atoms in total. The van der Waals surface area contributed by atoms with E-state index >= 15 is 0 Å². The van der Waals surface area contributed by atoms with Crippen molar-refractivity contribution in [1.29, 1.82) is 0 Å². The largest absolute Gasteiger partial charge is 0.314 e. The van der Waals surface area contributed by atoms with E-state index in [9.17, 15) is 0 Å². The van der Waals surface area contributed by atoms with Gasteiger partial charge in [0.2, 0.25) is 0 Å². The van der Waals surface area contributed by atoms with E-state index in [1.54, 1.807) is 0 Å². The standard InChI is InChI=1S/C22H28N2.2ClH/c1-16(2)13-22(24-11-9-23-10-12-24)18-7-8-21-19(15-18)14-17-5-3-4-6-20(17)21;;/h3-8,15-16,22-23H,9-14H2,1-2H3;2*1H/t22-;;/m0../s1. The van der Waals surface area contributed by atoms with Crippen LogP contribution in [0, 0.1) is 5.92 Å².